The summed E-state index contributed by atoms with van der Waals surface area (Å²) in [6.07, 6.45) is 0. The molecule has 0 amide bonds. The quantitative estimate of drug-likeness (QED) is 0.784. The van der Waals surface area contributed by atoms with Crippen LogP contribution in [0.5, 0.6) is 0 Å². The number of aromatic nitrogens is 5. The average molecular weight is 312 g/mol. The molecule has 0 aliphatic heterocycles. The number of nitrogens with one attached hydrogen (secondary N) is 1. The molecule has 8 heteroatoms. The van der Waals surface area contributed by atoms with Crippen molar-refractivity contribution >= 4 is 46.0 Å². The number of fused-ring (bicyclic) bond motifs is 1. The summed E-state index contributed by atoms with van der Waals surface area (Å²) in [7, 11) is 0. The van der Waals surface area contributed by atoms with Gasteiger partial charge in [0.1, 0.15) is 0 Å². The fourth-order valence-electron chi connectivity index (χ4n) is 1.59. The molecule has 0 atom stereocenters. The van der Waals surface area contributed by atoms with Crippen molar-refractivity contribution < 1.29 is 0 Å². The van der Waals surface area contributed by atoms with Crippen molar-refractivity contribution in [1.29, 1.82) is 0 Å². The number of nitrogens with zero attached hydrogens (tertiary/aromatic N) is 4. The standard InChI is InChI=1S/C11H7Cl2N5S/c1-5-2-3-6-7(4-5)15-10(14-6)19-11-17-8(12)16-9(13)18-11/h2-4H,1H3,(H,14,15). The molecule has 0 unspecified atom stereocenters. The van der Waals surface area contributed by atoms with E-state index in [2.05, 4.69) is 24.9 Å². The molecule has 0 fully saturated rings. The lowest BCUT2D eigenvalue weighted by Crippen LogP contribution is -1.92. The first-order chi connectivity index (χ1) is 9.10. The van der Waals surface area contributed by atoms with Crippen LogP contribution in [0.15, 0.2) is 28.5 Å². The Morgan fingerprint density at radius 3 is 2.53 bits per heavy atom. The Hall–Kier alpha value is -1.37. The first kappa shape index (κ1) is 12.7. The second kappa shape index (κ2) is 4.96. The first-order valence-electron chi connectivity index (χ1n) is 5.31. The second-order valence-electron chi connectivity index (χ2n) is 3.82. The molecule has 1 aromatic carbocycles. The van der Waals surface area contributed by atoms with Crippen molar-refractivity contribution in [3.63, 3.8) is 0 Å². The van der Waals surface area contributed by atoms with Gasteiger partial charge in [-0.15, -0.1) is 0 Å². The SMILES string of the molecule is Cc1ccc2nc(Sc3nc(Cl)nc(Cl)n3)[nH]c2c1. The normalized spacial score (nSPS) is 11.1. The van der Waals surface area contributed by atoms with E-state index in [0.717, 1.165) is 11.0 Å². The number of aromatic amines is 1. The molecule has 5 nitrogen and oxygen atoms in total. The van der Waals surface area contributed by atoms with Gasteiger partial charge in [0.2, 0.25) is 15.7 Å². The molecule has 0 spiro atoms. The highest BCUT2D eigenvalue weighted by Crippen LogP contribution is 2.26. The molecule has 0 saturated carbocycles. The highest BCUT2D eigenvalue weighted by molar-refractivity contribution is 7.99. The van der Waals surface area contributed by atoms with Gasteiger partial charge in [-0.05, 0) is 59.6 Å². The maximum atomic E-state index is 5.73. The fraction of sp³-hybridized carbons (Fsp3) is 0.0909. The summed E-state index contributed by atoms with van der Waals surface area (Å²) in [5.41, 5.74) is 3.02. The molecule has 96 valence electrons. The minimum atomic E-state index is 0.0643. The summed E-state index contributed by atoms with van der Waals surface area (Å²) in [5.74, 6) is 0. The van der Waals surface area contributed by atoms with Gasteiger partial charge in [0, 0.05) is 0 Å². The number of hydrogen-bond donors (Lipinski definition) is 1. The molecule has 1 N–H and O–H groups in total. The molecule has 2 heterocycles. The van der Waals surface area contributed by atoms with E-state index in [1.54, 1.807) is 0 Å². The van der Waals surface area contributed by atoms with Gasteiger partial charge in [0.05, 0.1) is 11.0 Å². The van der Waals surface area contributed by atoms with Gasteiger partial charge in [-0.3, -0.25) is 0 Å². The Morgan fingerprint density at radius 1 is 1.05 bits per heavy atom. The number of H-pyrrole nitrogens is 1. The molecule has 0 saturated heterocycles. The first-order valence-corrected chi connectivity index (χ1v) is 6.89. The third-order valence-electron chi connectivity index (χ3n) is 2.36. The Morgan fingerprint density at radius 2 is 1.79 bits per heavy atom. The predicted octanol–water partition coefficient (Wildman–Crippen LogP) is 3.51. The Kier molecular flexibility index (Phi) is 3.30. The Balaban J connectivity index is 1.96. The van der Waals surface area contributed by atoms with E-state index >= 15 is 0 Å². The second-order valence-corrected chi connectivity index (χ2v) is 5.45. The average Bonchev–Trinajstić information content (AvgIpc) is 2.68. The fourth-order valence-corrected chi connectivity index (χ4v) is 2.80. The van der Waals surface area contributed by atoms with E-state index in [9.17, 15) is 0 Å². The van der Waals surface area contributed by atoms with Crippen LogP contribution in [0.2, 0.25) is 10.6 Å². The smallest absolute Gasteiger partial charge is 0.227 e. The molecule has 0 aliphatic carbocycles. The Bertz CT molecular complexity index is 738. The van der Waals surface area contributed by atoms with E-state index in [1.807, 2.05) is 25.1 Å². The number of aryl methyl sites for hydroxylation is 1. The molecule has 0 radical (unpaired) electrons. The van der Waals surface area contributed by atoms with E-state index in [-0.39, 0.29) is 10.6 Å². The van der Waals surface area contributed by atoms with Crippen LogP contribution in [0.1, 0.15) is 5.56 Å². The van der Waals surface area contributed by atoms with Gasteiger partial charge in [-0.1, -0.05) is 6.07 Å². The van der Waals surface area contributed by atoms with Crippen LogP contribution < -0.4 is 0 Å². The van der Waals surface area contributed by atoms with Gasteiger partial charge < -0.3 is 4.98 Å². The monoisotopic (exact) mass is 311 g/mol. The van der Waals surface area contributed by atoms with Gasteiger partial charge >= 0.3 is 0 Å². The molecule has 3 aromatic rings. The maximum Gasteiger partial charge on any atom is 0.227 e. The summed E-state index contributed by atoms with van der Waals surface area (Å²) in [6, 6.07) is 5.99. The lowest BCUT2D eigenvalue weighted by molar-refractivity contribution is 0.897. The number of benzene rings is 1. The Labute approximate surface area is 122 Å². The zero-order valence-electron chi connectivity index (χ0n) is 9.69. The van der Waals surface area contributed by atoms with Crippen LogP contribution in [0.25, 0.3) is 11.0 Å². The summed E-state index contributed by atoms with van der Waals surface area (Å²) in [5, 5.41) is 1.21. The molecule has 2 aromatic heterocycles. The van der Waals surface area contributed by atoms with Crippen molar-refractivity contribution in [1.82, 2.24) is 24.9 Å². The molecule has 0 aliphatic rings. The van der Waals surface area contributed by atoms with E-state index in [0.29, 0.717) is 10.3 Å². The maximum absolute atomic E-state index is 5.73. The van der Waals surface area contributed by atoms with E-state index in [4.69, 9.17) is 23.2 Å². The minimum absolute atomic E-state index is 0.0643. The highest BCUT2D eigenvalue weighted by Gasteiger charge is 2.09. The predicted molar refractivity (Wildman–Crippen MR) is 74.8 cm³/mol. The van der Waals surface area contributed by atoms with Gasteiger partial charge in [-0.25, -0.2) is 4.98 Å². The molecule has 3 rings (SSSR count). The van der Waals surface area contributed by atoms with Gasteiger partial charge in [-0.2, -0.15) is 15.0 Å². The minimum Gasteiger partial charge on any atom is -0.333 e. The number of hydrogen-bond acceptors (Lipinski definition) is 5. The van der Waals surface area contributed by atoms with Gasteiger partial charge in [0.25, 0.3) is 0 Å². The summed E-state index contributed by atoms with van der Waals surface area (Å²) in [6.45, 7) is 2.03. The zero-order chi connectivity index (χ0) is 13.4. The van der Waals surface area contributed by atoms with E-state index in [1.165, 1.54) is 17.3 Å². The number of halogens is 2. The van der Waals surface area contributed by atoms with Crippen molar-refractivity contribution in [2.75, 3.05) is 0 Å². The number of imidazole rings is 1. The van der Waals surface area contributed by atoms with Crippen LogP contribution in [-0.4, -0.2) is 24.9 Å². The van der Waals surface area contributed by atoms with Crippen LogP contribution in [0, 0.1) is 6.92 Å². The van der Waals surface area contributed by atoms with Crippen molar-refractivity contribution in [2.45, 2.75) is 17.2 Å². The zero-order valence-corrected chi connectivity index (χ0v) is 12.0. The lowest BCUT2D eigenvalue weighted by Gasteiger charge is -1.96. The lowest BCUT2D eigenvalue weighted by atomic mass is 10.2. The number of rotatable bonds is 2. The van der Waals surface area contributed by atoms with Crippen LogP contribution >= 0.6 is 35.0 Å². The van der Waals surface area contributed by atoms with Crippen LogP contribution in [0.3, 0.4) is 0 Å². The molecular weight excluding hydrogens is 305 g/mol. The summed E-state index contributed by atoms with van der Waals surface area (Å²) in [4.78, 5) is 19.3. The third-order valence-corrected chi connectivity index (χ3v) is 3.45. The third kappa shape index (κ3) is 2.80. The molecule has 0 bridgehead atoms. The molecular formula is C11H7Cl2N5S. The summed E-state index contributed by atoms with van der Waals surface area (Å²) < 4.78 is 0. The van der Waals surface area contributed by atoms with E-state index < -0.39 is 0 Å². The van der Waals surface area contributed by atoms with Gasteiger partial charge in [0.15, 0.2) is 5.16 Å². The largest absolute Gasteiger partial charge is 0.333 e. The van der Waals surface area contributed by atoms with Crippen LogP contribution in [-0.2, 0) is 0 Å². The topological polar surface area (TPSA) is 67.3 Å². The van der Waals surface area contributed by atoms with Crippen molar-refractivity contribution in [3.8, 4) is 0 Å². The van der Waals surface area contributed by atoms with Crippen LogP contribution in [0.4, 0.5) is 0 Å². The summed E-state index contributed by atoms with van der Waals surface area (Å²) >= 11 is 12.7. The molecule has 19 heavy (non-hydrogen) atoms. The van der Waals surface area contributed by atoms with Crippen molar-refractivity contribution in [2.24, 2.45) is 0 Å². The van der Waals surface area contributed by atoms with Crippen molar-refractivity contribution in [3.05, 3.63) is 34.3 Å². The highest BCUT2D eigenvalue weighted by atomic mass is 35.5.